The van der Waals surface area contributed by atoms with E-state index in [1.165, 1.54) is 45.2 Å². The van der Waals surface area contributed by atoms with Crippen molar-refractivity contribution in [1.29, 1.82) is 0 Å². The van der Waals surface area contributed by atoms with Crippen LogP contribution in [0.5, 0.6) is 0 Å². The predicted molar refractivity (Wildman–Crippen MR) is 77.0 cm³/mol. The molecule has 2 fully saturated rings. The molecule has 1 saturated heterocycles. The Morgan fingerprint density at radius 3 is 2.84 bits per heavy atom. The molecular formula is C15H26N4. The van der Waals surface area contributed by atoms with Crippen LogP contribution in [0.2, 0.25) is 0 Å². The average Bonchev–Trinajstić information content (AvgIpc) is 3.00. The highest BCUT2D eigenvalue weighted by Gasteiger charge is 2.27. The minimum atomic E-state index is 0.728. The molecule has 0 spiro atoms. The number of hydrogen-bond acceptors (Lipinski definition) is 3. The molecule has 1 N–H and O–H groups in total. The van der Waals surface area contributed by atoms with E-state index in [2.05, 4.69) is 21.5 Å². The molecule has 0 aromatic carbocycles. The molecule has 1 unspecified atom stereocenters. The second kappa shape index (κ2) is 6.53. The number of aromatic nitrogens is 2. The van der Waals surface area contributed by atoms with Gasteiger partial charge >= 0.3 is 0 Å². The van der Waals surface area contributed by atoms with Crippen LogP contribution in [0, 0.1) is 5.92 Å². The molecular weight excluding hydrogens is 236 g/mol. The topological polar surface area (TPSA) is 33.1 Å². The Labute approximate surface area is 116 Å². The van der Waals surface area contributed by atoms with Gasteiger partial charge in [0.25, 0.3) is 0 Å². The molecule has 4 heteroatoms. The predicted octanol–water partition coefficient (Wildman–Crippen LogP) is 1.74. The lowest BCUT2D eigenvalue weighted by molar-refractivity contribution is 0.141. The molecule has 19 heavy (non-hydrogen) atoms. The summed E-state index contributed by atoms with van der Waals surface area (Å²) in [7, 11) is 0. The summed E-state index contributed by atoms with van der Waals surface area (Å²) in [5, 5.41) is 8.03. The summed E-state index contributed by atoms with van der Waals surface area (Å²) >= 11 is 0. The summed E-state index contributed by atoms with van der Waals surface area (Å²) in [4.78, 5) is 2.61. The molecule has 1 aromatic rings. The van der Waals surface area contributed by atoms with Crippen LogP contribution >= 0.6 is 0 Å². The highest BCUT2D eigenvalue weighted by molar-refractivity contribution is 4.86. The van der Waals surface area contributed by atoms with Crippen LogP contribution in [-0.2, 0) is 6.54 Å². The molecule has 0 bridgehead atoms. The van der Waals surface area contributed by atoms with Gasteiger partial charge in [0.15, 0.2) is 0 Å². The van der Waals surface area contributed by atoms with Crippen LogP contribution in [-0.4, -0.2) is 46.9 Å². The van der Waals surface area contributed by atoms with Gasteiger partial charge < -0.3 is 5.32 Å². The highest BCUT2D eigenvalue weighted by Crippen LogP contribution is 2.27. The fourth-order valence-electron chi connectivity index (χ4n) is 3.57. The maximum Gasteiger partial charge on any atom is 0.0536 e. The quantitative estimate of drug-likeness (QED) is 0.897. The van der Waals surface area contributed by atoms with Crippen molar-refractivity contribution < 1.29 is 0 Å². The molecule has 0 amide bonds. The fraction of sp³-hybridized carbons (Fsp3) is 0.800. The van der Waals surface area contributed by atoms with Gasteiger partial charge in [0.1, 0.15) is 0 Å². The average molecular weight is 262 g/mol. The first-order chi connectivity index (χ1) is 9.42. The van der Waals surface area contributed by atoms with Gasteiger partial charge in [-0.25, -0.2) is 0 Å². The van der Waals surface area contributed by atoms with E-state index in [1.807, 2.05) is 16.9 Å². The lowest BCUT2D eigenvalue weighted by Gasteiger charge is -2.39. The van der Waals surface area contributed by atoms with Crippen molar-refractivity contribution >= 4 is 0 Å². The van der Waals surface area contributed by atoms with Crippen molar-refractivity contribution in [3.8, 4) is 0 Å². The van der Waals surface area contributed by atoms with E-state index in [1.54, 1.807) is 0 Å². The summed E-state index contributed by atoms with van der Waals surface area (Å²) < 4.78 is 2.04. The molecule has 106 valence electrons. The van der Waals surface area contributed by atoms with Crippen LogP contribution in [0.4, 0.5) is 0 Å². The zero-order chi connectivity index (χ0) is 12.9. The third-order valence-corrected chi connectivity index (χ3v) is 4.71. The van der Waals surface area contributed by atoms with Gasteiger partial charge in [-0.1, -0.05) is 19.3 Å². The van der Waals surface area contributed by atoms with Gasteiger partial charge in [0, 0.05) is 44.6 Å². The Balaban J connectivity index is 1.47. The number of piperazine rings is 1. The summed E-state index contributed by atoms with van der Waals surface area (Å²) in [6, 6.07) is 2.73. The van der Waals surface area contributed by atoms with Crippen LogP contribution in [0.15, 0.2) is 18.5 Å². The molecule has 2 heterocycles. The van der Waals surface area contributed by atoms with Crippen LogP contribution < -0.4 is 5.32 Å². The summed E-state index contributed by atoms with van der Waals surface area (Å²) in [5.41, 5.74) is 0. The first kappa shape index (κ1) is 13.1. The Morgan fingerprint density at radius 1 is 1.16 bits per heavy atom. The molecule has 3 rings (SSSR count). The van der Waals surface area contributed by atoms with Crippen molar-refractivity contribution in [2.24, 2.45) is 5.92 Å². The zero-order valence-corrected chi connectivity index (χ0v) is 11.8. The summed E-state index contributed by atoms with van der Waals surface area (Å²) in [5.74, 6) is 0.918. The van der Waals surface area contributed by atoms with Gasteiger partial charge in [-0.2, -0.15) is 5.10 Å². The minimum Gasteiger partial charge on any atom is -0.311 e. The van der Waals surface area contributed by atoms with Gasteiger partial charge in [-0.15, -0.1) is 0 Å². The molecule has 0 radical (unpaired) electrons. The molecule has 2 aliphatic rings. The van der Waals surface area contributed by atoms with Crippen molar-refractivity contribution in [3.63, 3.8) is 0 Å². The molecule has 1 saturated carbocycles. The maximum absolute atomic E-state index is 4.28. The standard InChI is InChI=1S/C15H26N4/c1-2-5-14(6-3-1)15-13-18(10-8-16-15)11-12-19-9-4-7-17-19/h4,7,9,14-16H,1-3,5-6,8,10-13H2. The van der Waals surface area contributed by atoms with Crippen molar-refractivity contribution in [2.45, 2.75) is 44.7 Å². The first-order valence-electron chi connectivity index (χ1n) is 7.85. The third kappa shape index (κ3) is 3.57. The Bertz CT molecular complexity index is 356. The van der Waals surface area contributed by atoms with Crippen LogP contribution in [0.1, 0.15) is 32.1 Å². The Morgan fingerprint density at radius 2 is 2.05 bits per heavy atom. The summed E-state index contributed by atoms with van der Waals surface area (Å²) in [6.45, 7) is 5.72. The van der Waals surface area contributed by atoms with E-state index in [0.717, 1.165) is 31.6 Å². The van der Waals surface area contributed by atoms with Crippen molar-refractivity contribution in [2.75, 3.05) is 26.2 Å². The first-order valence-corrected chi connectivity index (χ1v) is 7.85. The van der Waals surface area contributed by atoms with E-state index in [4.69, 9.17) is 0 Å². The van der Waals surface area contributed by atoms with Crippen molar-refractivity contribution in [1.82, 2.24) is 20.0 Å². The third-order valence-electron chi connectivity index (χ3n) is 4.71. The number of nitrogens with zero attached hydrogens (tertiary/aromatic N) is 3. The second-order valence-corrected chi connectivity index (χ2v) is 6.03. The zero-order valence-electron chi connectivity index (χ0n) is 11.8. The van der Waals surface area contributed by atoms with E-state index < -0.39 is 0 Å². The number of nitrogens with one attached hydrogen (secondary N) is 1. The molecule has 1 aliphatic heterocycles. The lowest BCUT2D eigenvalue weighted by atomic mass is 9.83. The highest BCUT2D eigenvalue weighted by atomic mass is 15.3. The number of hydrogen-bond donors (Lipinski definition) is 1. The van der Waals surface area contributed by atoms with Gasteiger partial charge in [-0.3, -0.25) is 9.58 Å². The molecule has 4 nitrogen and oxygen atoms in total. The minimum absolute atomic E-state index is 0.728. The Hall–Kier alpha value is -0.870. The fourth-order valence-corrected chi connectivity index (χ4v) is 3.57. The van der Waals surface area contributed by atoms with E-state index >= 15 is 0 Å². The SMILES string of the molecule is c1cnn(CCN2CCNC(C3CCCCC3)C2)c1. The summed E-state index contributed by atoms with van der Waals surface area (Å²) in [6.07, 6.45) is 11.1. The van der Waals surface area contributed by atoms with E-state index in [-0.39, 0.29) is 0 Å². The van der Waals surface area contributed by atoms with Crippen LogP contribution in [0.3, 0.4) is 0 Å². The van der Waals surface area contributed by atoms with Gasteiger partial charge in [0.05, 0.1) is 6.54 Å². The molecule has 1 aliphatic carbocycles. The van der Waals surface area contributed by atoms with Gasteiger partial charge in [-0.05, 0) is 24.8 Å². The monoisotopic (exact) mass is 262 g/mol. The molecule has 1 aromatic heterocycles. The number of rotatable bonds is 4. The smallest absolute Gasteiger partial charge is 0.0536 e. The lowest BCUT2D eigenvalue weighted by Crippen LogP contribution is -2.54. The van der Waals surface area contributed by atoms with Crippen molar-refractivity contribution in [3.05, 3.63) is 18.5 Å². The van der Waals surface area contributed by atoms with E-state index in [9.17, 15) is 0 Å². The second-order valence-electron chi connectivity index (χ2n) is 6.03. The van der Waals surface area contributed by atoms with E-state index in [0.29, 0.717) is 0 Å². The Kier molecular flexibility index (Phi) is 4.51. The molecule has 1 atom stereocenters. The maximum atomic E-state index is 4.28. The largest absolute Gasteiger partial charge is 0.311 e. The van der Waals surface area contributed by atoms with Gasteiger partial charge in [0.2, 0.25) is 0 Å². The van der Waals surface area contributed by atoms with Crippen LogP contribution in [0.25, 0.3) is 0 Å². The normalized spacial score (nSPS) is 26.6.